The second kappa shape index (κ2) is 3.54. The van der Waals surface area contributed by atoms with Gasteiger partial charge >= 0.3 is 0 Å². The van der Waals surface area contributed by atoms with Gasteiger partial charge in [-0.1, -0.05) is 0 Å². The molecule has 0 aliphatic carbocycles. The van der Waals surface area contributed by atoms with Gasteiger partial charge in [-0.2, -0.15) is 5.10 Å². The SMILES string of the molecule is c1csc(N2CC3Cc4n[nH]cc4C(C2)N3)n1. The Morgan fingerprint density at radius 1 is 1.41 bits per heavy atom. The summed E-state index contributed by atoms with van der Waals surface area (Å²) in [5.74, 6) is 0. The number of thiazole rings is 1. The Hall–Kier alpha value is -1.40. The van der Waals surface area contributed by atoms with E-state index in [2.05, 4.69) is 25.4 Å². The van der Waals surface area contributed by atoms with Crippen molar-refractivity contribution in [2.45, 2.75) is 18.5 Å². The minimum absolute atomic E-state index is 0.389. The summed E-state index contributed by atoms with van der Waals surface area (Å²) in [6, 6.07) is 0.883. The summed E-state index contributed by atoms with van der Waals surface area (Å²) in [5, 5.41) is 14.1. The Kier molecular flexibility index (Phi) is 2.00. The minimum atomic E-state index is 0.389. The van der Waals surface area contributed by atoms with Crippen LogP contribution in [0, 0.1) is 0 Å². The maximum Gasteiger partial charge on any atom is 0.185 e. The molecule has 2 bridgehead atoms. The molecule has 0 spiro atoms. The normalized spacial score (nSPS) is 26.9. The van der Waals surface area contributed by atoms with Crippen molar-refractivity contribution < 1.29 is 0 Å². The summed E-state index contributed by atoms with van der Waals surface area (Å²) in [5.41, 5.74) is 2.56. The van der Waals surface area contributed by atoms with Gasteiger partial charge in [0.25, 0.3) is 0 Å². The third kappa shape index (κ3) is 1.48. The van der Waals surface area contributed by atoms with Crippen molar-refractivity contribution in [3.05, 3.63) is 29.0 Å². The highest BCUT2D eigenvalue weighted by molar-refractivity contribution is 7.13. The van der Waals surface area contributed by atoms with Gasteiger partial charge in [-0.15, -0.1) is 11.3 Å². The van der Waals surface area contributed by atoms with Gasteiger partial charge in [0.15, 0.2) is 5.13 Å². The summed E-state index contributed by atoms with van der Waals surface area (Å²) in [7, 11) is 0. The maximum atomic E-state index is 4.40. The average molecular weight is 247 g/mol. The Bertz CT molecular complexity index is 520. The second-order valence-electron chi connectivity index (χ2n) is 4.63. The van der Waals surface area contributed by atoms with Crippen LogP contribution in [0.3, 0.4) is 0 Å². The van der Waals surface area contributed by atoms with E-state index in [1.54, 1.807) is 11.3 Å². The summed E-state index contributed by atoms with van der Waals surface area (Å²) < 4.78 is 0. The van der Waals surface area contributed by atoms with E-state index < -0.39 is 0 Å². The minimum Gasteiger partial charge on any atom is -0.345 e. The van der Waals surface area contributed by atoms with Crippen LogP contribution in [-0.4, -0.2) is 34.3 Å². The highest BCUT2D eigenvalue weighted by Crippen LogP contribution is 2.31. The molecule has 0 saturated carbocycles. The Morgan fingerprint density at radius 3 is 3.29 bits per heavy atom. The molecule has 4 rings (SSSR count). The van der Waals surface area contributed by atoms with Gasteiger partial charge in [-0.3, -0.25) is 5.10 Å². The molecule has 2 aliphatic heterocycles. The van der Waals surface area contributed by atoms with Gasteiger partial charge in [-0.05, 0) is 0 Å². The lowest BCUT2D eigenvalue weighted by molar-refractivity contribution is 0.349. The zero-order valence-corrected chi connectivity index (χ0v) is 10.1. The number of anilines is 1. The highest BCUT2D eigenvalue weighted by atomic mass is 32.1. The molecule has 2 aromatic heterocycles. The molecule has 88 valence electrons. The number of piperazine rings is 1. The fraction of sp³-hybridized carbons (Fsp3) is 0.455. The van der Waals surface area contributed by atoms with Gasteiger partial charge < -0.3 is 10.2 Å². The molecule has 4 heterocycles. The van der Waals surface area contributed by atoms with Gasteiger partial charge in [0.05, 0.1) is 11.7 Å². The van der Waals surface area contributed by atoms with E-state index in [-0.39, 0.29) is 0 Å². The van der Waals surface area contributed by atoms with E-state index in [4.69, 9.17) is 0 Å². The molecule has 1 fully saturated rings. The number of H-pyrrole nitrogens is 1. The molecular formula is C11H13N5S. The number of hydrogen-bond donors (Lipinski definition) is 2. The smallest absolute Gasteiger partial charge is 0.185 e. The van der Waals surface area contributed by atoms with E-state index in [0.29, 0.717) is 12.1 Å². The monoisotopic (exact) mass is 247 g/mol. The molecule has 2 aliphatic rings. The lowest BCUT2D eigenvalue weighted by Crippen LogP contribution is -2.55. The van der Waals surface area contributed by atoms with Crippen molar-refractivity contribution in [3.8, 4) is 0 Å². The first kappa shape index (κ1) is 9.61. The predicted molar refractivity (Wildman–Crippen MR) is 66.3 cm³/mol. The van der Waals surface area contributed by atoms with Gasteiger partial charge in [-0.25, -0.2) is 4.98 Å². The Balaban J connectivity index is 1.67. The van der Waals surface area contributed by atoms with Crippen LogP contribution in [-0.2, 0) is 6.42 Å². The zero-order chi connectivity index (χ0) is 11.2. The van der Waals surface area contributed by atoms with E-state index >= 15 is 0 Å². The fourth-order valence-corrected chi connectivity index (χ4v) is 3.48. The molecule has 2 unspecified atom stereocenters. The van der Waals surface area contributed by atoms with Crippen molar-refractivity contribution >= 4 is 16.5 Å². The number of aromatic nitrogens is 3. The molecule has 1 saturated heterocycles. The van der Waals surface area contributed by atoms with Crippen LogP contribution in [0.4, 0.5) is 5.13 Å². The third-order valence-electron chi connectivity index (χ3n) is 3.54. The molecule has 2 N–H and O–H groups in total. The summed E-state index contributed by atoms with van der Waals surface area (Å²) in [6.07, 6.45) is 4.91. The number of rotatable bonds is 1. The van der Waals surface area contributed by atoms with Crippen molar-refractivity contribution in [3.63, 3.8) is 0 Å². The average Bonchev–Trinajstić information content (AvgIpc) is 2.98. The number of nitrogens with one attached hydrogen (secondary N) is 2. The number of hydrogen-bond acceptors (Lipinski definition) is 5. The first-order chi connectivity index (χ1) is 8.40. The lowest BCUT2D eigenvalue weighted by atomic mass is 9.92. The largest absolute Gasteiger partial charge is 0.345 e. The summed E-state index contributed by atoms with van der Waals surface area (Å²) in [6.45, 7) is 2.01. The highest BCUT2D eigenvalue weighted by Gasteiger charge is 2.35. The molecule has 0 aromatic carbocycles. The predicted octanol–water partition coefficient (Wildman–Crippen LogP) is 0.942. The third-order valence-corrected chi connectivity index (χ3v) is 4.37. The van der Waals surface area contributed by atoms with Crippen molar-refractivity contribution in [2.75, 3.05) is 18.0 Å². The van der Waals surface area contributed by atoms with Gasteiger partial charge in [0, 0.05) is 48.9 Å². The lowest BCUT2D eigenvalue weighted by Gasteiger charge is -2.41. The second-order valence-corrected chi connectivity index (χ2v) is 5.50. The van der Waals surface area contributed by atoms with E-state index in [1.165, 1.54) is 11.3 Å². The number of nitrogens with zero attached hydrogens (tertiary/aromatic N) is 3. The zero-order valence-electron chi connectivity index (χ0n) is 9.26. The van der Waals surface area contributed by atoms with Crippen LogP contribution in [0.2, 0.25) is 0 Å². The Labute approximate surface area is 103 Å². The van der Waals surface area contributed by atoms with Gasteiger partial charge in [0.1, 0.15) is 0 Å². The van der Waals surface area contributed by atoms with E-state index in [9.17, 15) is 0 Å². The topological polar surface area (TPSA) is 56.8 Å². The Morgan fingerprint density at radius 2 is 2.41 bits per heavy atom. The first-order valence-corrected chi connectivity index (χ1v) is 6.71. The van der Waals surface area contributed by atoms with Crippen LogP contribution in [0.25, 0.3) is 0 Å². The van der Waals surface area contributed by atoms with Crippen molar-refractivity contribution in [1.29, 1.82) is 0 Å². The molecule has 2 atom stereocenters. The molecule has 2 aromatic rings. The van der Waals surface area contributed by atoms with Crippen molar-refractivity contribution in [1.82, 2.24) is 20.5 Å². The quantitative estimate of drug-likeness (QED) is 0.787. The summed E-state index contributed by atoms with van der Waals surface area (Å²) in [4.78, 5) is 6.79. The van der Waals surface area contributed by atoms with Crippen LogP contribution >= 0.6 is 11.3 Å². The number of aromatic amines is 1. The van der Waals surface area contributed by atoms with Crippen LogP contribution < -0.4 is 10.2 Å². The summed E-state index contributed by atoms with van der Waals surface area (Å²) >= 11 is 1.72. The molecule has 0 radical (unpaired) electrons. The van der Waals surface area contributed by atoms with Gasteiger partial charge in [0.2, 0.25) is 0 Å². The molecule has 6 heteroatoms. The number of fused-ring (bicyclic) bond motifs is 4. The van der Waals surface area contributed by atoms with E-state index in [0.717, 1.165) is 24.6 Å². The van der Waals surface area contributed by atoms with Crippen LogP contribution in [0.15, 0.2) is 17.8 Å². The maximum absolute atomic E-state index is 4.40. The van der Waals surface area contributed by atoms with E-state index in [1.807, 2.05) is 17.8 Å². The molecule has 17 heavy (non-hydrogen) atoms. The van der Waals surface area contributed by atoms with Crippen LogP contribution in [0.5, 0.6) is 0 Å². The molecule has 5 nitrogen and oxygen atoms in total. The molecular weight excluding hydrogens is 234 g/mol. The van der Waals surface area contributed by atoms with Crippen LogP contribution in [0.1, 0.15) is 17.3 Å². The standard InChI is InChI=1S/C11H13N5S/c1-2-17-11(12-1)16-5-7-3-9-8(4-13-15-9)10(6-16)14-7/h1-2,4,7,10,14H,3,5-6H2,(H,13,15). The fourth-order valence-electron chi connectivity index (χ4n) is 2.82. The first-order valence-electron chi connectivity index (χ1n) is 5.83. The van der Waals surface area contributed by atoms with Crippen molar-refractivity contribution in [2.24, 2.45) is 0 Å². The molecule has 0 amide bonds.